The molecule has 0 aromatic heterocycles. The van der Waals surface area contributed by atoms with Crippen LogP contribution < -0.4 is 10.0 Å². The Morgan fingerprint density at radius 3 is 2.29 bits per heavy atom. The average molecular weight is 346 g/mol. The van der Waals surface area contributed by atoms with Gasteiger partial charge in [0.15, 0.2) is 5.78 Å². The van der Waals surface area contributed by atoms with E-state index in [4.69, 9.17) is 0 Å². The van der Waals surface area contributed by atoms with Crippen LogP contribution in [0.4, 0.5) is 5.69 Å². The van der Waals surface area contributed by atoms with Crippen LogP contribution >= 0.6 is 0 Å². The van der Waals surface area contributed by atoms with Crippen molar-refractivity contribution in [2.24, 2.45) is 0 Å². The SMILES string of the molecule is CC(=O)c1ccc(NC(=O)CNS(=O)(=O)c2cccc(C)c2)cc1. The van der Waals surface area contributed by atoms with Crippen molar-refractivity contribution in [2.45, 2.75) is 18.7 Å². The lowest BCUT2D eigenvalue weighted by molar-refractivity contribution is -0.115. The number of nitrogens with one attached hydrogen (secondary N) is 2. The van der Waals surface area contributed by atoms with E-state index in [0.717, 1.165) is 5.56 Å². The fourth-order valence-electron chi connectivity index (χ4n) is 2.02. The largest absolute Gasteiger partial charge is 0.325 e. The van der Waals surface area contributed by atoms with Gasteiger partial charge >= 0.3 is 0 Å². The van der Waals surface area contributed by atoms with Gasteiger partial charge < -0.3 is 5.32 Å². The molecule has 0 saturated carbocycles. The number of amides is 1. The minimum atomic E-state index is -3.74. The third-order valence-electron chi connectivity index (χ3n) is 3.30. The molecule has 2 aromatic carbocycles. The van der Waals surface area contributed by atoms with Gasteiger partial charge in [0.2, 0.25) is 15.9 Å². The number of carbonyl (C=O) groups is 2. The van der Waals surface area contributed by atoms with Crippen LogP contribution in [0.25, 0.3) is 0 Å². The fraction of sp³-hybridized carbons (Fsp3) is 0.176. The Bertz CT molecular complexity index is 858. The summed E-state index contributed by atoms with van der Waals surface area (Å²) in [6.45, 7) is 2.86. The molecule has 1 amide bonds. The van der Waals surface area contributed by atoms with Gasteiger partial charge in [0.25, 0.3) is 0 Å². The van der Waals surface area contributed by atoms with Gasteiger partial charge in [-0.2, -0.15) is 0 Å². The smallest absolute Gasteiger partial charge is 0.241 e. The highest BCUT2D eigenvalue weighted by molar-refractivity contribution is 7.89. The number of aryl methyl sites for hydroxylation is 1. The second-order valence-corrected chi connectivity index (χ2v) is 7.09. The molecule has 0 bridgehead atoms. The number of anilines is 1. The normalized spacial score (nSPS) is 11.1. The molecule has 0 heterocycles. The van der Waals surface area contributed by atoms with Crippen molar-refractivity contribution in [3.63, 3.8) is 0 Å². The first-order valence-corrected chi connectivity index (χ1v) is 8.73. The fourth-order valence-corrected chi connectivity index (χ4v) is 3.11. The molecule has 24 heavy (non-hydrogen) atoms. The van der Waals surface area contributed by atoms with E-state index in [9.17, 15) is 18.0 Å². The molecule has 0 saturated heterocycles. The molecule has 0 fully saturated rings. The molecule has 2 rings (SSSR count). The molecular weight excluding hydrogens is 328 g/mol. The third-order valence-corrected chi connectivity index (χ3v) is 4.70. The van der Waals surface area contributed by atoms with Crippen molar-refractivity contribution in [3.8, 4) is 0 Å². The molecule has 0 atom stereocenters. The van der Waals surface area contributed by atoms with Crippen LogP contribution in [0.3, 0.4) is 0 Å². The van der Waals surface area contributed by atoms with Gasteiger partial charge in [0, 0.05) is 11.3 Å². The molecule has 126 valence electrons. The van der Waals surface area contributed by atoms with Gasteiger partial charge in [-0.1, -0.05) is 12.1 Å². The summed E-state index contributed by atoms with van der Waals surface area (Å²) >= 11 is 0. The zero-order chi connectivity index (χ0) is 17.7. The van der Waals surface area contributed by atoms with E-state index in [1.165, 1.54) is 19.1 Å². The summed E-state index contributed by atoms with van der Waals surface area (Å²) in [7, 11) is -3.74. The molecule has 0 unspecified atom stereocenters. The third kappa shape index (κ3) is 4.74. The molecule has 6 nitrogen and oxygen atoms in total. The maximum absolute atomic E-state index is 12.1. The van der Waals surface area contributed by atoms with Crippen molar-refractivity contribution in [3.05, 3.63) is 59.7 Å². The lowest BCUT2D eigenvalue weighted by Crippen LogP contribution is -2.32. The molecule has 7 heteroatoms. The summed E-state index contributed by atoms with van der Waals surface area (Å²) in [4.78, 5) is 23.2. The number of rotatable bonds is 6. The predicted octanol–water partition coefficient (Wildman–Crippen LogP) is 2.11. The van der Waals surface area contributed by atoms with Crippen LogP contribution in [0, 0.1) is 6.92 Å². The Morgan fingerprint density at radius 1 is 1.04 bits per heavy atom. The minimum Gasteiger partial charge on any atom is -0.325 e. The Kier molecular flexibility index (Phi) is 5.48. The van der Waals surface area contributed by atoms with E-state index < -0.39 is 15.9 Å². The summed E-state index contributed by atoms with van der Waals surface area (Å²) in [5.41, 5.74) is 1.83. The van der Waals surface area contributed by atoms with Gasteiger partial charge in [-0.25, -0.2) is 13.1 Å². The molecule has 2 aromatic rings. The lowest BCUT2D eigenvalue weighted by Gasteiger charge is -2.08. The standard InChI is InChI=1S/C17H18N2O4S/c1-12-4-3-5-16(10-12)24(22,23)18-11-17(21)19-15-8-6-14(7-9-15)13(2)20/h3-10,18H,11H2,1-2H3,(H,19,21). The Balaban J connectivity index is 1.96. The van der Waals surface area contributed by atoms with E-state index in [1.807, 2.05) is 0 Å². The van der Waals surface area contributed by atoms with Crippen LogP contribution in [-0.2, 0) is 14.8 Å². The molecule has 0 spiro atoms. The first kappa shape index (κ1) is 17.8. The van der Waals surface area contributed by atoms with E-state index in [2.05, 4.69) is 10.0 Å². The number of hydrogen-bond acceptors (Lipinski definition) is 4. The number of ketones is 1. The van der Waals surface area contributed by atoms with Crippen molar-refractivity contribution < 1.29 is 18.0 Å². The number of benzene rings is 2. The lowest BCUT2D eigenvalue weighted by atomic mass is 10.1. The van der Waals surface area contributed by atoms with E-state index >= 15 is 0 Å². The summed E-state index contributed by atoms with van der Waals surface area (Å²) < 4.78 is 26.5. The first-order chi connectivity index (χ1) is 11.3. The Morgan fingerprint density at radius 2 is 1.71 bits per heavy atom. The maximum Gasteiger partial charge on any atom is 0.241 e. The average Bonchev–Trinajstić information content (AvgIpc) is 2.53. The van der Waals surface area contributed by atoms with Gasteiger partial charge in [-0.15, -0.1) is 0 Å². The van der Waals surface area contributed by atoms with E-state index in [-0.39, 0.29) is 17.2 Å². The first-order valence-electron chi connectivity index (χ1n) is 7.25. The second kappa shape index (κ2) is 7.37. The van der Waals surface area contributed by atoms with Gasteiger partial charge in [-0.05, 0) is 55.8 Å². The van der Waals surface area contributed by atoms with Gasteiger partial charge in [0.1, 0.15) is 0 Å². The Labute approximate surface area is 140 Å². The number of Topliss-reactive ketones (excluding diaryl/α,β-unsaturated/α-hetero) is 1. The predicted molar refractivity (Wildman–Crippen MR) is 91.4 cm³/mol. The molecule has 0 aliphatic carbocycles. The van der Waals surface area contributed by atoms with E-state index in [0.29, 0.717) is 11.3 Å². The molecular formula is C17H18N2O4S. The van der Waals surface area contributed by atoms with Crippen molar-refractivity contribution in [2.75, 3.05) is 11.9 Å². The van der Waals surface area contributed by atoms with Crippen LogP contribution in [0.5, 0.6) is 0 Å². The summed E-state index contributed by atoms with van der Waals surface area (Å²) in [6.07, 6.45) is 0. The molecule has 0 aliphatic heterocycles. The highest BCUT2D eigenvalue weighted by atomic mass is 32.2. The van der Waals surface area contributed by atoms with E-state index in [1.54, 1.807) is 43.3 Å². The van der Waals surface area contributed by atoms with Crippen LogP contribution in [0.15, 0.2) is 53.4 Å². The highest BCUT2D eigenvalue weighted by Gasteiger charge is 2.15. The van der Waals surface area contributed by atoms with Crippen molar-refractivity contribution >= 4 is 27.4 Å². The Hall–Kier alpha value is -2.51. The monoisotopic (exact) mass is 346 g/mol. The molecule has 0 aliphatic rings. The maximum atomic E-state index is 12.1. The van der Waals surface area contributed by atoms with Crippen LogP contribution in [0.2, 0.25) is 0 Å². The minimum absolute atomic E-state index is 0.0706. The summed E-state index contributed by atoms with van der Waals surface area (Å²) in [6, 6.07) is 12.8. The highest BCUT2D eigenvalue weighted by Crippen LogP contribution is 2.11. The molecule has 0 radical (unpaired) electrons. The van der Waals surface area contributed by atoms with Crippen molar-refractivity contribution in [1.82, 2.24) is 4.72 Å². The van der Waals surface area contributed by atoms with Gasteiger partial charge in [0.05, 0.1) is 11.4 Å². The van der Waals surface area contributed by atoms with Crippen LogP contribution in [0.1, 0.15) is 22.8 Å². The van der Waals surface area contributed by atoms with Crippen molar-refractivity contribution in [1.29, 1.82) is 0 Å². The van der Waals surface area contributed by atoms with Crippen LogP contribution in [-0.4, -0.2) is 26.7 Å². The zero-order valence-corrected chi connectivity index (χ0v) is 14.2. The second-order valence-electron chi connectivity index (χ2n) is 5.32. The van der Waals surface area contributed by atoms with Gasteiger partial charge in [-0.3, -0.25) is 9.59 Å². The zero-order valence-electron chi connectivity index (χ0n) is 13.4. The quantitative estimate of drug-likeness (QED) is 0.784. The molecule has 2 N–H and O–H groups in total. The number of carbonyl (C=O) groups excluding carboxylic acids is 2. The number of hydrogen-bond donors (Lipinski definition) is 2. The summed E-state index contributed by atoms with van der Waals surface area (Å²) in [5.74, 6) is -0.569. The number of sulfonamides is 1. The summed E-state index contributed by atoms with van der Waals surface area (Å²) in [5, 5.41) is 2.57. The topological polar surface area (TPSA) is 92.3 Å².